The maximum absolute atomic E-state index is 12.6. The lowest BCUT2D eigenvalue weighted by Crippen LogP contribution is -2.48. The van der Waals surface area contributed by atoms with Crippen LogP contribution in [0.25, 0.3) is 0 Å². The first-order valence-electron chi connectivity index (χ1n) is 8.10. The van der Waals surface area contributed by atoms with Crippen molar-refractivity contribution in [3.05, 3.63) is 53.9 Å². The molecule has 0 atom stereocenters. The summed E-state index contributed by atoms with van der Waals surface area (Å²) in [6, 6.07) is 9.64. The largest absolute Gasteiger partial charge is 0.495 e. The van der Waals surface area contributed by atoms with E-state index < -0.39 is 11.9 Å². The van der Waals surface area contributed by atoms with Gasteiger partial charge in [0.25, 0.3) is 5.91 Å². The number of aromatic nitrogens is 1. The van der Waals surface area contributed by atoms with Gasteiger partial charge in [-0.2, -0.15) is 13.2 Å². The number of carbonyl (C=O) groups excluding carboxylic acids is 1. The number of pyridine rings is 1. The number of alkyl halides is 3. The molecule has 1 aromatic carbocycles. The maximum atomic E-state index is 12.6. The number of hydrogen-bond donors (Lipinski definition) is 0. The second kappa shape index (κ2) is 7.23. The van der Waals surface area contributed by atoms with Crippen LogP contribution in [0.1, 0.15) is 16.1 Å². The number of nitrogens with zero attached hydrogens (tertiary/aromatic N) is 3. The molecule has 1 aliphatic heterocycles. The van der Waals surface area contributed by atoms with E-state index in [4.69, 9.17) is 4.74 Å². The van der Waals surface area contributed by atoms with Gasteiger partial charge in [0.1, 0.15) is 11.4 Å². The molecule has 2 heterocycles. The second-order valence-electron chi connectivity index (χ2n) is 5.88. The van der Waals surface area contributed by atoms with Crippen LogP contribution in [0.5, 0.6) is 5.75 Å². The number of amides is 1. The minimum atomic E-state index is -4.51. The maximum Gasteiger partial charge on any atom is 0.433 e. The summed E-state index contributed by atoms with van der Waals surface area (Å²) in [5, 5.41) is 0. The number of methoxy groups -OCH3 is 1. The molecule has 3 rings (SSSR count). The van der Waals surface area contributed by atoms with Gasteiger partial charge in [-0.1, -0.05) is 12.1 Å². The molecule has 1 aromatic heterocycles. The van der Waals surface area contributed by atoms with E-state index in [1.807, 2.05) is 24.3 Å². The van der Waals surface area contributed by atoms with Crippen molar-refractivity contribution in [3.63, 3.8) is 0 Å². The second-order valence-corrected chi connectivity index (χ2v) is 5.88. The van der Waals surface area contributed by atoms with Crippen LogP contribution in [-0.4, -0.2) is 49.1 Å². The highest BCUT2D eigenvalue weighted by molar-refractivity contribution is 5.94. The Kier molecular flexibility index (Phi) is 5.01. The van der Waals surface area contributed by atoms with Gasteiger partial charge >= 0.3 is 6.18 Å². The summed E-state index contributed by atoms with van der Waals surface area (Å²) in [7, 11) is 1.61. The summed E-state index contributed by atoms with van der Waals surface area (Å²) in [6.45, 7) is 2.16. The molecule has 0 saturated carbocycles. The van der Waals surface area contributed by atoms with Crippen LogP contribution >= 0.6 is 0 Å². The first-order chi connectivity index (χ1) is 12.4. The quantitative estimate of drug-likeness (QED) is 0.839. The molecule has 0 bridgehead atoms. The normalized spacial score (nSPS) is 15.1. The van der Waals surface area contributed by atoms with E-state index in [0.717, 1.165) is 23.7 Å². The van der Waals surface area contributed by atoms with Crippen molar-refractivity contribution in [2.75, 3.05) is 38.2 Å². The molecule has 0 spiro atoms. The number of carbonyl (C=O) groups is 1. The molecule has 0 unspecified atom stereocenters. The fourth-order valence-corrected chi connectivity index (χ4v) is 2.91. The third kappa shape index (κ3) is 3.74. The number of para-hydroxylation sites is 2. The van der Waals surface area contributed by atoms with Gasteiger partial charge in [0.2, 0.25) is 0 Å². The fraction of sp³-hybridized carbons (Fsp3) is 0.333. The van der Waals surface area contributed by atoms with Gasteiger partial charge in [-0.25, -0.2) is 0 Å². The van der Waals surface area contributed by atoms with E-state index in [0.29, 0.717) is 26.2 Å². The lowest BCUT2D eigenvalue weighted by molar-refractivity contribution is -0.141. The molecule has 138 valence electrons. The van der Waals surface area contributed by atoms with Gasteiger partial charge in [0.05, 0.1) is 18.4 Å². The number of benzene rings is 1. The van der Waals surface area contributed by atoms with Gasteiger partial charge in [-0.3, -0.25) is 9.78 Å². The van der Waals surface area contributed by atoms with Crippen LogP contribution in [0.3, 0.4) is 0 Å². The lowest BCUT2D eigenvalue weighted by atomic mass is 10.2. The smallest absolute Gasteiger partial charge is 0.433 e. The molecule has 2 aromatic rings. The average Bonchev–Trinajstić information content (AvgIpc) is 2.67. The molecule has 1 saturated heterocycles. The number of anilines is 1. The van der Waals surface area contributed by atoms with Gasteiger partial charge in [0, 0.05) is 32.4 Å². The van der Waals surface area contributed by atoms with Crippen LogP contribution < -0.4 is 9.64 Å². The summed E-state index contributed by atoms with van der Waals surface area (Å²) >= 11 is 0. The van der Waals surface area contributed by atoms with E-state index in [-0.39, 0.29) is 11.5 Å². The zero-order chi connectivity index (χ0) is 18.7. The third-order valence-corrected chi connectivity index (χ3v) is 4.29. The van der Waals surface area contributed by atoms with Gasteiger partial charge in [-0.15, -0.1) is 0 Å². The first-order valence-corrected chi connectivity index (χ1v) is 8.10. The van der Waals surface area contributed by atoms with Gasteiger partial charge in [-0.05, 0) is 24.3 Å². The number of hydrogen-bond acceptors (Lipinski definition) is 4. The zero-order valence-electron chi connectivity index (χ0n) is 14.2. The molecule has 26 heavy (non-hydrogen) atoms. The van der Waals surface area contributed by atoms with Crippen molar-refractivity contribution in [3.8, 4) is 5.75 Å². The Morgan fingerprint density at radius 1 is 1.08 bits per heavy atom. The highest BCUT2D eigenvalue weighted by Crippen LogP contribution is 2.29. The molecular weight excluding hydrogens is 347 g/mol. The van der Waals surface area contributed by atoms with Crippen LogP contribution in [0, 0.1) is 0 Å². The lowest BCUT2D eigenvalue weighted by Gasteiger charge is -2.36. The van der Waals surface area contributed by atoms with Crippen LogP contribution in [-0.2, 0) is 6.18 Å². The predicted molar refractivity (Wildman–Crippen MR) is 90.3 cm³/mol. The SMILES string of the molecule is COc1ccccc1N1CCN(C(=O)c2ccc(C(F)(F)F)nc2)CC1. The summed E-state index contributed by atoms with van der Waals surface area (Å²) in [5.41, 5.74) is 0.108. The molecule has 1 fully saturated rings. The standard InChI is InChI=1S/C18H18F3N3O2/c1-26-15-5-3-2-4-14(15)23-8-10-24(11-9-23)17(25)13-6-7-16(22-12-13)18(19,20)21/h2-7,12H,8-11H2,1H3. The van der Waals surface area contributed by atoms with E-state index >= 15 is 0 Å². The third-order valence-electron chi connectivity index (χ3n) is 4.29. The summed E-state index contributed by atoms with van der Waals surface area (Å²) in [5.74, 6) is 0.449. The number of ether oxygens (including phenoxy) is 1. The number of halogens is 3. The van der Waals surface area contributed by atoms with Crippen molar-refractivity contribution in [1.29, 1.82) is 0 Å². The summed E-state index contributed by atoms with van der Waals surface area (Å²) < 4.78 is 43.1. The van der Waals surface area contributed by atoms with Crippen LogP contribution in [0.2, 0.25) is 0 Å². The molecule has 5 nitrogen and oxygen atoms in total. The number of rotatable bonds is 3. The van der Waals surface area contributed by atoms with E-state index in [9.17, 15) is 18.0 Å². The first kappa shape index (κ1) is 18.0. The summed E-state index contributed by atoms with van der Waals surface area (Å²) in [4.78, 5) is 19.6. The van der Waals surface area contributed by atoms with E-state index in [1.165, 1.54) is 6.07 Å². The Labute approximate surface area is 149 Å². The molecule has 1 aliphatic rings. The molecular formula is C18H18F3N3O2. The molecule has 8 heteroatoms. The van der Waals surface area contributed by atoms with Crippen LogP contribution in [0.4, 0.5) is 18.9 Å². The van der Waals surface area contributed by atoms with Gasteiger partial charge in [0.15, 0.2) is 0 Å². The monoisotopic (exact) mass is 365 g/mol. The topological polar surface area (TPSA) is 45.7 Å². The van der Waals surface area contributed by atoms with Gasteiger partial charge < -0.3 is 14.5 Å². The molecule has 0 aliphatic carbocycles. The minimum absolute atomic E-state index is 0.156. The molecule has 0 radical (unpaired) electrons. The van der Waals surface area contributed by atoms with Crippen molar-refractivity contribution in [1.82, 2.24) is 9.88 Å². The highest BCUT2D eigenvalue weighted by Gasteiger charge is 2.32. The average molecular weight is 365 g/mol. The van der Waals surface area contributed by atoms with Crippen molar-refractivity contribution in [2.24, 2.45) is 0 Å². The zero-order valence-corrected chi connectivity index (χ0v) is 14.2. The van der Waals surface area contributed by atoms with Crippen molar-refractivity contribution >= 4 is 11.6 Å². The summed E-state index contributed by atoms with van der Waals surface area (Å²) in [6.07, 6.45) is -3.53. The highest BCUT2D eigenvalue weighted by atomic mass is 19.4. The Balaban J connectivity index is 1.65. The fourth-order valence-electron chi connectivity index (χ4n) is 2.91. The van der Waals surface area contributed by atoms with Crippen LogP contribution in [0.15, 0.2) is 42.6 Å². The molecule has 0 N–H and O–H groups in total. The molecule has 1 amide bonds. The number of piperazine rings is 1. The Bertz CT molecular complexity index is 770. The predicted octanol–water partition coefficient (Wildman–Crippen LogP) is 3.07. The Hall–Kier alpha value is -2.77. The van der Waals surface area contributed by atoms with Crippen molar-refractivity contribution in [2.45, 2.75) is 6.18 Å². The Morgan fingerprint density at radius 3 is 2.35 bits per heavy atom. The van der Waals surface area contributed by atoms with Crippen molar-refractivity contribution < 1.29 is 22.7 Å². The van der Waals surface area contributed by atoms with E-state index in [1.54, 1.807) is 12.0 Å². The Morgan fingerprint density at radius 2 is 1.77 bits per heavy atom. The van der Waals surface area contributed by atoms with E-state index in [2.05, 4.69) is 9.88 Å². The minimum Gasteiger partial charge on any atom is -0.495 e.